The van der Waals surface area contributed by atoms with Gasteiger partial charge in [-0.25, -0.2) is 0 Å². The Hall–Kier alpha value is -3.01. The van der Waals surface area contributed by atoms with Crippen molar-refractivity contribution in [2.24, 2.45) is 0 Å². The number of hydrogen-bond donors (Lipinski definition) is 1. The van der Waals surface area contributed by atoms with E-state index in [9.17, 15) is 20.0 Å². The van der Waals surface area contributed by atoms with Gasteiger partial charge in [-0.1, -0.05) is 55.8 Å². The zero-order chi connectivity index (χ0) is 18.9. The van der Waals surface area contributed by atoms with Crippen LogP contribution in [0.5, 0.6) is 0 Å². The lowest BCUT2D eigenvalue weighted by Gasteiger charge is -2.13. The Morgan fingerprint density at radius 3 is 2.50 bits per heavy atom. The number of aliphatic hydroxyl groups excluding tert-OH is 1. The number of rotatable bonds is 8. The predicted molar refractivity (Wildman–Crippen MR) is 99.9 cm³/mol. The summed E-state index contributed by atoms with van der Waals surface area (Å²) in [5.74, 6) is -0.399. The SMILES string of the molecule is CCCCC=C=C(C(=O)c1ccccc1)C(O)c1ccccc1[N+](=O)[O-]. The van der Waals surface area contributed by atoms with Crippen LogP contribution in [0, 0.1) is 10.1 Å². The van der Waals surface area contributed by atoms with Gasteiger partial charge in [0.2, 0.25) is 0 Å². The first-order valence-corrected chi connectivity index (χ1v) is 8.52. The number of aliphatic hydroxyl groups is 1. The number of carbonyl (C=O) groups excluding carboxylic acids is 1. The Bertz CT molecular complexity index is 836. The van der Waals surface area contributed by atoms with E-state index in [4.69, 9.17) is 0 Å². The fourth-order valence-corrected chi connectivity index (χ4v) is 2.54. The third-order valence-electron chi connectivity index (χ3n) is 3.94. The Balaban J connectivity index is 2.49. The number of nitro benzene ring substituents is 1. The van der Waals surface area contributed by atoms with Gasteiger partial charge in [-0.3, -0.25) is 14.9 Å². The summed E-state index contributed by atoms with van der Waals surface area (Å²) in [5.41, 5.74) is 3.14. The number of hydrogen-bond acceptors (Lipinski definition) is 4. The van der Waals surface area contributed by atoms with Crippen molar-refractivity contribution >= 4 is 11.5 Å². The van der Waals surface area contributed by atoms with Crippen LogP contribution in [0.25, 0.3) is 0 Å². The normalized spacial score (nSPS) is 11.3. The zero-order valence-corrected chi connectivity index (χ0v) is 14.6. The van der Waals surface area contributed by atoms with Crippen molar-refractivity contribution in [1.29, 1.82) is 0 Å². The van der Waals surface area contributed by atoms with Crippen molar-refractivity contribution in [2.75, 3.05) is 0 Å². The third-order valence-corrected chi connectivity index (χ3v) is 3.94. The molecule has 0 saturated carbocycles. The van der Waals surface area contributed by atoms with Crippen molar-refractivity contribution in [2.45, 2.75) is 32.3 Å². The van der Waals surface area contributed by atoms with Gasteiger partial charge in [0, 0.05) is 11.6 Å². The molecule has 2 aromatic carbocycles. The fraction of sp³-hybridized carbons (Fsp3) is 0.238. The van der Waals surface area contributed by atoms with Crippen LogP contribution in [-0.4, -0.2) is 15.8 Å². The van der Waals surface area contributed by atoms with E-state index >= 15 is 0 Å². The van der Waals surface area contributed by atoms with Gasteiger partial charge in [-0.15, -0.1) is 5.73 Å². The van der Waals surface area contributed by atoms with E-state index in [2.05, 4.69) is 12.7 Å². The molecule has 0 aromatic heterocycles. The Morgan fingerprint density at radius 1 is 1.19 bits per heavy atom. The molecule has 5 nitrogen and oxygen atoms in total. The molecule has 2 rings (SSSR count). The number of nitro groups is 1. The molecule has 0 fully saturated rings. The second-order valence-corrected chi connectivity index (χ2v) is 5.82. The van der Waals surface area contributed by atoms with Crippen molar-refractivity contribution in [1.82, 2.24) is 0 Å². The van der Waals surface area contributed by atoms with E-state index in [1.807, 2.05) is 0 Å². The second kappa shape index (κ2) is 9.47. The molecule has 0 spiro atoms. The summed E-state index contributed by atoms with van der Waals surface area (Å²) in [6.07, 6.45) is 2.92. The van der Waals surface area contributed by atoms with Crippen molar-refractivity contribution in [3.05, 3.63) is 93.2 Å². The predicted octanol–water partition coefficient (Wildman–Crippen LogP) is 4.78. The molecule has 5 heteroatoms. The molecule has 2 aromatic rings. The van der Waals surface area contributed by atoms with Crippen LogP contribution < -0.4 is 0 Å². The van der Waals surface area contributed by atoms with Crippen molar-refractivity contribution < 1.29 is 14.8 Å². The molecule has 1 N–H and O–H groups in total. The Morgan fingerprint density at radius 2 is 1.85 bits per heavy atom. The van der Waals surface area contributed by atoms with E-state index in [0.717, 1.165) is 12.8 Å². The summed E-state index contributed by atoms with van der Waals surface area (Å²) in [7, 11) is 0. The average Bonchev–Trinajstić information content (AvgIpc) is 2.68. The highest BCUT2D eigenvalue weighted by atomic mass is 16.6. The van der Waals surface area contributed by atoms with Gasteiger partial charge >= 0.3 is 0 Å². The van der Waals surface area contributed by atoms with Gasteiger partial charge in [-0.05, 0) is 25.0 Å². The molecule has 0 heterocycles. The summed E-state index contributed by atoms with van der Waals surface area (Å²) in [4.78, 5) is 23.5. The molecule has 0 saturated heterocycles. The van der Waals surface area contributed by atoms with E-state index in [1.165, 1.54) is 18.2 Å². The van der Waals surface area contributed by atoms with Crippen LogP contribution in [-0.2, 0) is 0 Å². The number of carbonyl (C=O) groups is 1. The molecular weight excluding hydrogens is 330 g/mol. The molecule has 26 heavy (non-hydrogen) atoms. The first-order valence-electron chi connectivity index (χ1n) is 8.52. The minimum absolute atomic E-state index is 0.00148. The highest BCUT2D eigenvalue weighted by Gasteiger charge is 2.27. The number of benzene rings is 2. The molecular formula is C21H21NO4. The van der Waals surface area contributed by atoms with E-state index in [-0.39, 0.29) is 16.8 Å². The number of nitrogens with zero attached hydrogens (tertiary/aromatic N) is 1. The maximum atomic E-state index is 12.9. The smallest absolute Gasteiger partial charge is 0.275 e. The van der Waals surface area contributed by atoms with E-state index in [1.54, 1.807) is 42.5 Å². The lowest BCUT2D eigenvalue weighted by Crippen LogP contribution is -2.13. The largest absolute Gasteiger partial charge is 0.383 e. The summed E-state index contributed by atoms with van der Waals surface area (Å²) in [6.45, 7) is 2.05. The molecule has 0 radical (unpaired) electrons. The Labute approximate surface area is 152 Å². The summed E-state index contributed by atoms with van der Waals surface area (Å²) < 4.78 is 0. The number of Topliss-reactive ketones (excluding diaryl/α,β-unsaturated/α-hetero) is 1. The number of unbranched alkanes of at least 4 members (excludes halogenated alkanes) is 2. The third kappa shape index (κ3) is 4.76. The lowest BCUT2D eigenvalue weighted by atomic mass is 9.94. The minimum Gasteiger partial charge on any atom is -0.383 e. The average molecular weight is 351 g/mol. The van der Waals surface area contributed by atoms with Crippen molar-refractivity contribution in [3.8, 4) is 0 Å². The van der Waals surface area contributed by atoms with Crippen molar-refractivity contribution in [3.63, 3.8) is 0 Å². The first-order chi connectivity index (χ1) is 12.6. The van der Waals surface area contributed by atoms with Crippen LogP contribution in [0.4, 0.5) is 5.69 Å². The standard InChI is InChI=1S/C21H21NO4/c1-2-3-4-8-14-18(20(23)16-11-6-5-7-12-16)21(24)17-13-9-10-15-19(17)22(25)26/h5-13,15,21,24H,2-4H2,1H3. The summed E-state index contributed by atoms with van der Waals surface area (Å²) >= 11 is 0. The summed E-state index contributed by atoms with van der Waals surface area (Å²) in [5, 5.41) is 22.0. The van der Waals surface area contributed by atoms with Crippen LogP contribution in [0.15, 0.2) is 72.0 Å². The quantitative estimate of drug-likeness (QED) is 0.185. The maximum absolute atomic E-state index is 12.9. The fourth-order valence-electron chi connectivity index (χ4n) is 2.54. The molecule has 1 unspecified atom stereocenters. The van der Waals surface area contributed by atoms with Gasteiger partial charge in [0.1, 0.15) is 6.10 Å². The molecule has 134 valence electrons. The first kappa shape index (κ1) is 19.3. The molecule has 0 bridgehead atoms. The zero-order valence-electron chi connectivity index (χ0n) is 14.6. The van der Waals surface area contributed by atoms with Crippen LogP contribution in [0.1, 0.15) is 48.2 Å². The topological polar surface area (TPSA) is 80.4 Å². The molecule has 0 aliphatic carbocycles. The Kier molecular flexibility index (Phi) is 7.03. The highest BCUT2D eigenvalue weighted by Crippen LogP contribution is 2.31. The highest BCUT2D eigenvalue weighted by molar-refractivity contribution is 6.09. The maximum Gasteiger partial charge on any atom is 0.275 e. The van der Waals surface area contributed by atoms with E-state index in [0.29, 0.717) is 12.0 Å². The molecule has 0 aliphatic rings. The van der Waals surface area contributed by atoms with Gasteiger partial charge < -0.3 is 5.11 Å². The molecule has 0 aliphatic heterocycles. The number of ketones is 1. The minimum atomic E-state index is -1.43. The lowest BCUT2D eigenvalue weighted by molar-refractivity contribution is -0.386. The van der Waals surface area contributed by atoms with Gasteiger partial charge in [-0.2, -0.15) is 0 Å². The number of para-hydroxylation sites is 1. The van der Waals surface area contributed by atoms with Gasteiger partial charge in [0.15, 0.2) is 5.78 Å². The second-order valence-electron chi connectivity index (χ2n) is 5.82. The molecule has 0 amide bonds. The van der Waals surface area contributed by atoms with Crippen LogP contribution in [0.2, 0.25) is 0 Å². The summed E-state index contributed by atoms with van der Waals surface area (Å²) in [6, 6.07) is 14.4. The van der Waals surface area contributed by atoms with Crippen LogP contribution in [0.3, 0.4) is 0 Å². The van der Waals surface area contributed by atoms with Crippen LogP contribution >= 0.6 is 0 Å². The van der Waals surface area contributed by atoms with E-state index < -0.39 is 16.8 Å². The van der Waals surface area contributed by atoms with Gasteiger partial charge in [0.25, 0.3) is 5.69 Å². The monoisotopic (exact) mass is 351 g/mol. The molecule has 1 atom stereocenters. The van der Waals surface area contributed by atoms with Gasteiger partial charge in [0.05, 0.1) is 16.1 Å².